The fraction of sp³-hybridized carbons (Fsp3) is 0.744. The number of nitrogens with zero attached hydrogens (tertiary/aromatic N) is 10. The zero-order chi connectivity index (χ0) is 38.3. The van der Waals surface area contributed by atoms with Crippen molar-refractivity contribution in [3.63, 3.8) is 0 Å². The van der Waals surface area contributed by atoms with Gasteiger partial charge in [0.25, 0.3) is 0 Å². The van der Waals surface area contributed by atoms with Crippen LogP contribution in [-0.4, -0.2) is 154 Å². The summed E-state index contributed by atoms with van der Waals surface area (Å²) in [5.74, 6) is 0.695. The Kier molecular flexibility index (Phi) is 24.0. The number of hydrogen-bond donors (Lipinski definition) is 3. The van der Waals surface area contributed by atoms with E-state index in [4.69, 9.17) is 32.0 Å². The van der Waals surface area contributed by atoms with Crippen molar-refractivity contribution in [2.75, 3.05) is 90.2 Å². The lowest BCUT2D eigenvalue weighted by Gasteiger charge is -2.48. The minimum absolute atomic E-state index is 0. The van der Waals surface area contributed by atoms with Crippen LogP contribution in [0, 0.1) is 22.7 Å². The molecule has 0 radical (unpaired) electrons. The summed E-state index contributed by atoms with van der Waals surface area (Å²) in [6, 6.07) is 5.80. The van der Waals surface area contributed by atoms with Gasteiger partial charge in [0.15, 0.2) is 22.4 Å². The van der Waals surface area contributed by atoms with Crippen molar-refractivity contribution >= 4 is 17.4 Å². The quantitative estimate of drug-likeness (QED) is 0.385. The highest BCUT2D eigenvalue weighted by atomic mass is 35.5. The third kappa shape index (κ3) is 15.2. The van der Waals surface area contributed by atoms with Gasteiger partial charge in [0.1, 0.15) is 12.1 Å². The average molecular weight is 772 g/mol. The van der Waals surface area contributed by atoms with E-state index in [9.17, 15) is 5.11 Å². The van der Waals surface area contributed by atoms with Crippen molar-refractivity contribution < 1.29 is 14.9 Å². The van der Waals surface area contributed by atoms with Gasteiger partial charge in [-0.2, -0.15) is 10.5 Å². The molecule has 4 atom stereocenters. The maximum atomic E-state index is 9.47. The summed E-state index contributed by atoms with van der Waals surface area (Å²) in [5.41, 5.74) is 0.564. The molecule has 2 aromatic rings. The van der Waals surface area contributed by atoms with E-state index in [0.29, 0.717) is 42.3 Å². The van der Waals surface area contributed by atoms with Crippen molar-refractivity contribution in [2.45, 2.75) is 104 Å². The zero-order valence-corrected chi connectivity index (χ0v) is 32.9. The summed E-state index contributed by atoms with van der Waals surface area (Å²) in [5, 5.41) is 39.6. The first kappa shape index (κ1) is 47.1. The Morgan fingerprint density at radius 2 is 1.33 bits per heavy atom. The average Bonchev–Trinajstić information content (AvgIpc) is 3.83. The molecule has 14 nitrogen and oxygen atoms in total. The molecule has 3 N–H and O–H groups in total. The molecule has 5 aliphatic rings. The summed E-state index contributed by atoms with van der Waals surface area (Å²) in [6.45, 7) is 18.7. The van der Waals surface area contributed by atoms with Crippen molar-refractivity contribution in [2.24, 2.45) is 0 Å². The normalized spacial score (nSPS) is 23.3. The molecule has 0 saturated carbocycles. The summed E-state index contributed by atoms with van der Waals surface area (Å²) >= 11 is 5.43. The van der Waals surface area contributed by atoms with Gasteiger partial charge in [0.05, 0.1) is 13.2 Å². The topological polar surface area (TPSA) is 174 Å². The number of aromatic nitrogens is 4. The molecule has 15 heteroatoms. The number of hydrogen-bond acceptors (Lipinski definition) is 14. The van der Waals surface area contributed by atoms with Crippen molar-refractivity contribution in [3.05, 3.63) is 41.3 Å². The van der Waals surface area contributed by atoms with Gasteiger partial charge in [-0.15, -0.1) is 0 Å². The first-order chi connectivity index (χ1) is 25.9. The standard InChI is InChI=1S/C14H19N5O.C9H18N2O.C6H15N.C5H2ClN3.C4H8O.CH4/c15-8-13-14(17-5-4-16-13)18-6-7-19-11(9-18)2-1-3-12(19)10-20;12-7-9-3-1-2-8-6-10-4-5-11(8)9;1-4-7(5-2)6-3;6-5-4(3-7)8-1-2-9-5;1-2-4-5-3-1;/h4-5,11-12,20H,1-3,6-7,9-10H2;8-10,12H,1-7H2;4-6H2,1-3H3;1-2H;1-4H2;1H4/t11-,12+;8-,9+;;;;/m00..../s1. The molecule has 5 fully saturated rings. The molecule has 7 heterocycles. The number of piperazine rings is 2. The number of anilines is 1. The lowest BCUT2D eigenvalue weighted by molar-refractivity contribution is 0.0300. The van der Waals surface area contributed by atoms with Crippen LogP contribution in [0.3, 0.4) is 0 Å². The van der Waals surface area contributed by atoms with Gasteiger partial charge in [-0.05, 0) is 58.2 Å². The number of rotatable bonds is 6. The molecule has 0 bridgehead atoms. The second-order valence-corrected chi connectivity index (χ2v) is 13.9. The maximum absolute atomic E-state index is 9.47. The Balaban J connectivity index is 0.000000254. The van der Waals surface area contributed by atoms with Gasteiger partial charge >= 0.3 is 0 Å². The van der Waals surface area contributed by atoms with Gasteiger partial charge in [-0.1, -0.05) is 52.6 Å². The molecule has 0 spiro atoms. The smallest absolute Gasteiger partial charge is 0.183 e. The molecule has 0 aliphatic carbocycles. The van der Waals surface area contributed by atoms with E-state index in [1.54, 1.807) is 18.5 Å². The number of aliphatic hydroxyl groups is 2. The van der Waals surface area contributed by atoms with Crippen LogP contribution in [0.15, 0.2) is 24.8 Å². The fourth-order valence-corrected chi connectivity index (χ4v) is 7.59. The van der Waals surface area contributed by atoms with Crippen molar-refractivity contribution in [1.29, 1.82) is 10.5 Å². The van der Waals surface area contributed by atoms with E-state index in [2.05, 4.69) is 71.7 Å². The van der Waals surface area contributed by atoms with E-state index in [1.807, 2.05) is 0 Å². The number of fused-ring (bicyclic) bond motifs is 2. The van der Waals surface area contributed by atoms with Gasteiger partial charge in [-0.25, -0.2) is 19.9 Å². The largest absolute Gasteiger partial charge is 0.395 e. The van der Waals surface area contributed by atoms with Crippen LogP contribution in [0.25, 0.3) is 0 Å². The second kappa shape index (κ2) is 27.5. The zero-order valence-electron chi connectivity index (χ0n) is 32.1. The van der Waals surface area contributed by atoms with Crippen LogP contribution >= 0.6 is 11.6 Å². The summed E-state index contributed by atoms with van der Waals surface area (Å²) < 4.78 is 4.94. The molecule has 7 rings (SSSR count). The maximum Gasteiger partial charge on any atom is 0.183 e. The third-order valence-corrected chi connectivity index (χ3v) is 10.7. The number of aliphatic hydroxyl groups excluding tert-OH is 2. The molecule has 302 valence electrons. The number of nitriles is 2. The Hall–Kier alpha value is -3.05. The minimum Gasteiger partial charge on any atom is -0.395 e. The van der Waals surface area contributed by atoms with E-state index in [-0.39, 0.29) is 24.9 Å². The number of piperidine rings is 2. The Morgan fingerprint density at radius 3 is 1.83 bits per heavy atom. The lowest BCUT2D eigenvalue weighted by Crippen LogP contribution is -2.59. The summed E-state index contributed by atoms with van der Waals surface area (Å²) in [6.07, 6.45) is 15.8. The minimum atomic E-state index is 0. The highest BCUT2D eigenvalue weighted by Crippen LogP contribution is 2.28. The van der Waals surface area contributed by atoms with Crippen LogP contribution in [0.1, 0.15) is 91.0 Å². The molecule has 5 aliphatic heterocycles. The molecular formula is C39H66ClN11O3. The molecule has 5 saturated heterocycles. The van der Waals surface area contributed by atoms with E-state index in [1.165, 1.54) is 64.1 Å². The lowest BCUT2D eigenvalue weighted by atomic mass is 9.93. The molecule has 0 aromatic carbocycles. The fourth-order valence-electron chi connectivity index (χ4n) is 7.45. The molecule has 2 aromatic heterocycles. The Labute approximate surface area is 329 Å². The predicted octanol–water partition coefficient (Wildman–Crippen LogP) is 3.97. The van der Waals surface area contributed by atoms with E-state index < -0.39 is 0 Å². The SMILES string of the molecule is C.C1CCOC1.CCN(CC)CC.N#Cc1nccnc1Cl.N#Cc1nccnc1N1CCN2[C@@H](CO)CCC[C@H]2C1.OC[C@H]1CCC[C@H]2CNCCN12. The number of ether oxygens (including phenoxy) is 1. The molecule has 54 heavy (non-hydrogen) atoms. The first-order valence-electron chi connectivity index (χ1n) is 19.5. The monoisotopic (exact) mass is 772 g/mol. The highest BCUT2D eigenvalue weighted by Gasteiger charge is 2.35. The molecule has 0 unspecified atom stereocenters. The van der Waals surface area contributed by atoms with Crippen LogP contribution in [-0.2, 0) is 4.74 Å². The molecule has 0 amide bonds. The van der Waals surface area contributed by atoms with Gasteiger partial charge < -0.3 is 30.1 Å². The predicted molar refractivity (Wildman–Crippen MR) is 214 cm³/mol. The molecular weight excluding hydrogens is 706 g/mol. The van der Waals surface area contributed by atoms with Crippen LogP contribution in [0.4, 0.5) is 5.82 Å². The van der Waals surface area contributed by atoms with Crippen molar-refractivity contribution in [1.82, 2.24) is 40.0 Å². The Morgan fingerprint density at radius 1 is 0.778 bits per heavy atom. The van der Waals surface area contributed by atoms with Gasteiger partial charge in [-0.3, -0.25) is 9.80 Å². The van der Waals surface area contributed by atoms with Crippen LogP contribution < -0.4 is 10.2 Å². The van der Waals surface area contributed by atoms with Gasteiger partial charge in [0, 0.05) is 101 Å². The van der Waals surface area contributed by atoms with Crippen LogP contribution in [0.2, 0.25) is 5.15 Å². The third-order valence-electron chi connectivity index (χ3n) is 10.4. The number of nitrogens with one attached hydrogen (secondary N) is 1. The highest BCUT2D eigenvalue weighted by molar-refractivity contribution is 6.30. The second-order valence-electron chi connectivity index (χ2n) is 13.6. The van der Waals surface area contributed by atoms with E-state index in [0.717, 1.165) is 71.7 Å². The van der Waals surface area contributed by atoms with Crippen LogP contribution in [0.5, 0.6) is 0 Å². The number of halogens is 1. The first-order valence-corrected chi connectivity index (χ1v) is 19.9. The van der Waals surface area contributed by atoms with Gasteiger partial charge in [0.2, 0.25) is 0 Å². The summed E-state index contributed by atoms with van der Waals surface area (Å²) in [4.78, 5) is 25.1. The van der Waals surface area contributed by atoms with Crippen molar-refractivity contribution in [3.8, 4) is 12.1 Å². The Bertz CT molecular complexity index is 1350. The van der Waals surface area contributed by atoms with E-state index >= 15 is 0 Å². The summed E-state index contributed by atoms with van der Waals surface area (Å²) in [7, 11) is 0.